The predicted molar refractivity (Wildman–Crippen MR) is 89.1 cm³/mol. The second kappa shape index (κ2) is 4.98. The van der Waals surface area contributed by atoms with Crippen LogP contribution >= 0.6 is 11.6 Å². The number of epoxide rings is 1. The Kier molecular flexibility index (Phi) is 3.54. The van der Waals surface area contributed by atoms with Gasteiger partial charge in [0.15, 0.2) is 5.60 Å². The number of carbonyl (C=O) groups excluding carboxylic acids is 1. The molecule has 2 aliphatic carbocycles. The van der Waals surface area contributed by atoms with Crippen LogP contribution in [0.1, 0.15) is 34.1 Å². The fourth-order valence-electron chi connectivity index (χ4n) is 5.27. The van der Waals surface area contributed by atoms with Crippen LogP contribution in [0.5, 0.6) is 0 Å². The van der Waals surface area contributed by atoms with Crippen LogP contribution < -0.4 is 0 Å². The second-order valence-electron chi connectivity index (χ2n) is 8.27. The summed E-state index contributed by atoms with van der Waals surface area (Å²) in [4.78, 5) is 11.5. The first-order chi connectivity index (χ1) is 11.6. The van der Waals surface area contributed by atoms with E-state index in [9.17, 15) is 9.90 Å². The Balaban J connectivity index is 1.82. The summed E-state index contributed by atoms with van der Waals surface area (Å²) in [6, 6.07) is 0. The van der Waals surface area contributed by atoms with Crippen LogP contribution in [0.3, 0.4) is 0 Å². The second-order valence-corrected chi connectivity index (χ2v) is 8.74. The first-order valence-electron chi connectivity index (χ1n) is 8.68. The zero-order chi connectivity index (χ0) is 18.4. The molecule has 2 heterocycles. The van der Waals surface area contributed by atoms with Crippen LogP contribution in [-0.4, -0.2) is 59.4 Å². The Bertz CT molecular complexity index is 666. The summed E-state index contributed by atoms with van der Waals surface area (Å²) in [6.07, 6.45) is 0.873. The SMILES string of the molecule is COC12C=C3C(Cl)C(O)C(OC(C)=O)C(C)C3(C)CC13OC3(C)CO2. The molecule has 4 aliphatic rings. The molecule has 0 aromatic heterocycles. The van der Waals surface area contributed by atoms with Gasteiger partial charge in [0, 0.05) is 20.0 Å². The van der Waals surface area contributed by atoms with E-state index in [1.165, 1.54) is 6.92 Å². The molecule has 0 radical (unpaired) electrons. The summed E-state index contributed by atoms with van der Waals surface area (Å²) in [5, 5.41) is 9.98. The number of aliphatic hydroxyl groups excluding tert-OH is 1. The van der Waals surface area contributed by atoms with Crippen molar-refractivity contribution in [1.82, 2.24) is 0 Å². The number of esters is 1. The normalized spacial score (nSPS) is 56.4. The molecular weight excluding hydrogens is 348 g/mol. The van der Waals surface area contributed by atoms with E-state index in [0.717, 1.165) is 5.57 Å². The largest absolute Gasteiger partial charge is 0.459 e. The molecular formula is C18H25ClO6. The van der Waals surface area contributed by atoms with Gasteiger partial charge in [-0.05, 0) is 30.4 Å². The van der Waals surface area contributed by atoms with E-state index < -0.39 is 46.0 Å². The lowest BCUT2D eigenvalue weighted by Gasteiger charge is -2.55. The van der Waals surface area contributed by atoms with Gasteiger partial charge >= 0.3 is 5.97 Å². The van der Waals surface area contributed by atoms with E-state index in [1.807, 2.05) is 19.9 Å². The van der Waals surface area contributed by atoms with E-state index in [-0.39, 0.29) is 5.92 Å². The Morgan fingerprint density at radius 2 is 2.12 bits per heavy atom. The van der Waals surface area contributed by atoms with Gasteiger partial charge in [0.2, 0.25) is 5.79 Å². The van der Waals surface area contributed by atoms with Crippen molar-refractivity contribution >= 4 is 17.6 Å². The Labute approximate surface area is 152 Å². The molecule has 7 heteroatoms. The number of ether oxygens (including phenoxy) is 4. The zero-order valence-electron chi connectivity index (χ0n) is 15.2. The summed E-state index contributed by atoms with van der Waals surface area (Å²) in [7, 11) is 1.60. The smallest absolute Gasteiger partial charge is 0.303 e. The highest BCUT2D eigenvalue weighted by Gasteiger charge is 2.85. The molecule has 140 valence electrons. The van der Waals surface area contributed by atoms with Gasteiger partial charge in [-0.25, -0.2) is 0 Å². The molecule has 0 aromatic rings. The van der Waals surface area contributed by atoms with Crippen LogP contribution in [0.15, 0.2) is 11.6 Å². The maximum atomic E-state index is 11.5. The third-order valence-electron chi connectivity index (χ3n) is 6.99. The minimum absolute atomic E-state index is 0.133. The highest BCUT2D eigenvalue weighted by Crippen LogP contribution is 2.71. The Morgan fingerprint density at radius 1 is 1.44 bits per heavy atom. The lowest BCUT2D eigenvalue weighted by Crippen LogP contribution is -2.62. The number of fused-ring (bicyclic) bond motifs is 1. The number of halogens is 1. The molecule has 8 atom stereocenters. The molecule has 1 N–H and O–H groups in total. The number of hydrogen-bond acceptors (Lipinski definition) is 6. The van der Waals surface area contributed by atoms with Crippen molar-refractivity contribution in [2.24, 2.45) is 11.3 Å². The van der Waals surface area contributed by atoms with Gasteiger partial charge in [0.25, 0.3) is 0 Å². The van der Waals surface area contributed by atoms with Crippen LogP contribution in [0.4, 0.5) is 0 Å². The van der Waals surface area contributed by atoms with Crippen molar-refractivity contribution in [3.05, 3.63) is 11.6 Å². The van der Waals surface area contributed by atoms with Gasteiger partial charge in [0.05, 0.1) is 12.0 Å². The Hall–Kier alpha value is -0.660. The fraction of sp³-hybridized carbons (Fsp3) is 0.833. The molecule has 0 aromatic carbocycles. The maximum Gasteiger partial charge on any atom is 0.303 e. The van der Waals surface area contributed by atoms with Crippen molar-refractivity contribution in [3.8, 4) is 0 Å². The molecule has 1 saturated carbocycles. The van der Waals surface area contributed by atoms with Crippen LogP contribution in [0, 0.1) is 11.3 Å². The highest BCUT2D eigenvalue weighted by molar-refractivity contribution is 6.23. The van der Waals surface area contributed by atoms with Crippen molar-refractivity contribution < 1.29 is 28.8 Å². The van der Waals surface area contributed by atoms with Gasteiger partial charge in [0.1, 0.15) is 17.8 Å². The first-order valence-corrected chi connectivity index (χ1v) is 9.11. The highest BCUT2D eigenvalue weighted by atomic mass is 35.5. The van der Waals surface area contributed by atoms with Crippen LogP contribution in [-0.2, 0) is 23.7 Å². The number of carbonyl (C=O) groups is 1. The molecule has 1 spiro atoms. The topological polar surface area (TPSA) is 77.5 Å². The standard InChI is InChI=1S/C18H25ClO6/c1-9-14(24-10(2)20)13(21)12(19)11-6-18(22-5)17(7-15(9,11)3)16(4,25-17)8-23-18/h6,9,12-14,21H,7-8H2,1-5H3. The fourth-order valence-corrected chi connectivity index (χ4v) is 5.73. The quantitative estimate of drug-likeness (QED) is 0.344. The van der Waals surface area contributed by atoms with Gasteiger partial charge < -0.3 is 24.1 Å². The third kappa shape index (κ3) is 1.92. The van der Waals surface area contributed by atoms with Crippen molar-refractivity contribution in [3.63, 3.8) is 0 Å². The van der Waals surface area contributed by atoms with Crippen molar-refractivity contribution in [2.45, 2.75) is 68.7 Å². The zero-order valence-corrected chi connectivity index (χ0v) is 15.9. The molecule has 2 aliphatic heterocycles. The lowest BCUT2D eigenvalue weighted by molar-refractivity contribution is -0.233. The molecule has 0 amide bonds. The maximum absolute atomic E-state index is 11.5. The Morgan fingerprint density at radius 3 is 2.68 bits per heavy atom. The molecule has 8 unspecified atom stereocenters. The van der Waals surface area contributed by atoms with E-state index in [2.05, 4.69) is 6.92 Å². The number of hydrogen-bond donors (Lipinski definition) is 1. The number of alkyl halides is 1. The van der Waals surface area contributed by atoms with Gasteiger partial charge in [-0.3, -0.25) is 4.79 Å². The first kappa shape index (κ1) is 17.7. The summed E-state index contributed by atoms with van der Waals surface area (Å²) in [6.45, 7) is 7.89. The summed E-state index contributed by atoms with van der Waals surface area (Å²) in [5.74, 6) is -1.55. The van der Waals surface area contributed by atoms with Crippen LogP contribution in [0.2, 0.25) is 0 Å². The molecule has 6 nitrogen and oxygen atoms in total. The van der Waals surface area contributed by atoms with E-state index in [4.69, 9.17) is 30.5 Å². The van der Waals surface area contributed by atoms with Gasteiger partial charge in [-0.15, -0.1) is 11.6 Å². The number of methoxy groups -OCH3 is 1. The van der Waals surface area contributed by atoms with E-state index in [1.54, 1.807) is 7.11 Å². The minimum atomic E-state index is -0.990. The average Bonchev–Trinajstić information content (AvgIpc) is 3.06. The van der Waals surface area contributed by atoms with E-state index >= 15 is 0 Å². The van der Waals surface area contributed by atoms with Gasteiger partial charge in [-0.2, -0.15) is 0 Å². The van der Waals surface area contributed by atoms with Crippen molar-refractivity contribution in [1.29, 1.82) is 0 Å². The minimum Gasteiger partial charge on any atom is -0.459 e. The predicted octanol–water partition coefficient (Wildman–Crippen LogP) is 1.77. The van der Waals surface area contributed by atoms with Gasteiger partial charge in [-0.1, -0.05) is 13.8 Å². The molecule has 3 fully saturated rings. The lowest BCUT2D eigenvalue weighted by atomic mass is 9.54. The summed E-state index contributed by atoms with van der Waals surface area (Å²) in [5.41, 5.74) is -0.521. The van der Waals surface area contributed by atoms with Crippen molar-refractivity contribution in [2.75, 3.05) is 13.7 Å². The molecule has 25 heavy (non-hydrogen) atoms. The molecule has 2 saturated heterocycles. The number of aliphatic hydroxyl groups is 1. The summed E-state index contributed by atoms with van der Waals surface area (Å²) < 4.78 is 23.4. The monoisotopic (exact) mass is 372 g/mol. The summed E-state index contributed by atoms with van der Waals surface area (Å²) >= 11 is 6.62. The average molecular weight is 373 g/mol. The number of rotatable bonds is 2. The molecule has 0 bridgehead atoms. The van der Waals surface area contributed by atoms with E-state index in [0.29, 0.717) is 13.0 Å². The third-order valence-corrected chi connectivity index (χ3v) is 7.49. The molecule has 4 rings (SSSR count). The van der Waals surface area contributed by atoms with Crippen LogP contribution in [0.25, 0.3) is 0 Å².